The molecule has 2 unspecified atom stereocenters. The lowest BCUT2D eigenvalue weighted by atomic mass is 10.1. The predicted octanol–water partition coefficient (Wildman–Crippen LogP) is -0.596. The number of nitrogens with two attached hydrogens (primary N) is 2. The molecule has 0 spiro atoms. The Morgan fingerprint density at radius 3 is 2.67 bits per heavy atom. The molecule has 6 heteroatoms. The second kappa shape index (κ2) is 3.57. The van der Waals surface area contributed by atoms with E-state index in [9.17, 15) is 8.42 Å². The third kappa shape index (κ3) is 2.18. The van der Waals surface area contributed by atoms with Gasteiger partial charge in [-0.15, -0.1) is 0 Å². The predicted molar refractivity (Wildman–Crippen MR) is 57.1 cm³/mol. The van der Waals surface area contributed by atoms with E-state index in [1.807, 2.05) is 24.3 Å². The first kappa shape index (κ1) is 10.6. The Kier molecular flexibility index (Phi) is 2.51. The number of hydrogen-bond donors (Lipinski definition) is 3. The largest absolute Gasteiger partial charge is 0.326 e. The number of benzene rings is 1. The van der Waals surface area contributed by atoms with Gasteiger partial charge in [-0.1, -0.05) is 24.3 Å². The normalized spacial score (nSPS) is 25.2. The fraction of sp³-hybridized carbons (Fsp3) is 0.333. The van der Waals surface area contributed by atoms with Gasteiger partial charge in [0.1, 0.15) is 0 Å². The van der Waals surface area contributed by atoms with Crippen LogP contribution in [0.4, 0.5) is 0 Å². The van der Waals surface area contributed by atoms with E-state index in [4.69, 9.17) is 10.9 Å². The van der Waals surface area contributed by atoms with Crippen LogP contribution in [0, 0.1) is 0 Å². The molecule has 0 radical (unpaired) electrons. The minimum Gasteiger partial charge on any atom is -0.326 e. The van der Waals surface area contributed by atoms with Crippen LogP contribution in [0.5, 0.6) is 0 Å². The van der Waals surface area contributed by atoms with Gasteiger partial charge >= 0.3 is 0 Å². The Labute approximate surface area is 88.6 Å². The summed E-state index contributed by atoms with van der Waals surface area (Å²) in [5.74, 6) is 0. The van der Waals surface area contributed by atoms with Crippen LogP contribution in [0.3, 0.4) is 0 Å². The second-order valence-corrected chi connectivity index (χ2v) is 5.03. The number of fused-ring (bicyclic) bond motifs is 1. The van der Waals surface area contributed by atoms with Crippen LogP contribution in [0.15, 0.2) is 24.3 Å². The average Bonchev–Trinajstić information content (AvgIpc) is 2.41. The van der Waals surface area contributed by atoms with E-state index in [2.05, 4.69) is 4.72 Å². The lowest BCUT2D eigenvalue weighted by molar-refractivity contribution is 0.519. The van der Waals surface area contributed by atoms with Crippen molar-refractivity contribution in [1.29, 1.82) is 0 Å². The molecule has 1 aromatic carbocycles. The summed E-state index contributed by atoms with van der Waals surface area (Å²) >= 11 is 0. The molecule has 1 aromatic rings. The molecule has 2 atom stereocenters. The van der Waals surface area contributed by atoms with Crippen LogP contribution in [-0.2, 0) is 16.6 Å². The van der Waals surface area contributed by atoms with Crippen molar-refractivity contribution in [3.05, 3.63) is 35.4 Å². The molecule has 5 nitrogen and oxygen atoms in total. The van der Waals surface area contributed by atoms with Crippen molar-refractivity contribution in [1.82, 2.24) is 4.72 Å². The first-order valence-electron chi connectivity index (χ1n) is 4.61. The van der Waals surface area contributed by atoms with Gasteiger partial charge in [0.05, 0.1) is 6.04 Å². The zero-order valence-electron chi connectivity index (χ0n) is 8.05. The average molecular weight is 227 g/mol. The molecule has 0 fully saturated rings. The van der Waals surface area contributed by atoms with Gasteiger partial charge < -0.3 is 5.73 Å². The summed E-state index contributed by atoms with van der Waals surface area (Å²) in [6, 6.07) is 6.92. The molecule has 82 valence electrons. The van der Waals surface area contributed by atoms with E-state index in [0.717, 1.165) is 11.1 Å². The highest BCUT2D eigenvalue weighted by Gasteiger charge is 2.31. The number of hydrogen-bond acceptors (Lipinski definition) is 3. The minimum absolute atomic E-state index is 0.249. The third-order valence-electron chi connectivity index (χ3n) is 2.57. The summed E-state index contributed by atoms with van der Waals surface area (Å²) in [6.07, 6.45) is 0.670. The standard InChI is InChI=1S/C9H13N3O2S/c10-8-5-6-3-1-2-4-7(6)9(8)12-15(11,13)14/h1-4,8-9,12H,5,10H2,(H2,11,13,14). The molecule has 1 aliphatic rings. The molecule has 0 saturated heterocycles. The van der Waals surface area contributed by atoms with Gasteiger partial charge in [0, 0.05) is 6.04 Å². The number of nitrogens with one attached hydrogen (secondary N) is 1. The van der Waals surface area contributed by atoms with Crippen molar-refractivity contribution in [3.63, 3.8) is 0 Å². The Balaban J connectivity index is 2.34. The van der Waals surface area contributed by atoms with Crippen LogP contribution in [0.25, 0.3) is 0 Å². The van der Waals surface area contributed by atoms with Crippen LogP contribution in [0.2, 0.25) is 0 Å². The first-order chi connectivity index (χ1) is 6.97. The third-order valence-corrected chi connectivity index (χ3v) is 3.15. The smallest absolute Gasteiger partial charge is 0.274 e. The van der Waals surface area contributed by atoms with E-state index in [0.29, 0.717) is 6.42 Å². The molecule has 0 aliphatic heterocycles. The summed E-state index contributed by atoms with van der Waals surface area (Å²) in [5, 5.41) is 4.94. The van der Waals surface area contributed by atoms with Crippen LogP contribution in [-0.4, -0.2) is 14.5 Å². The van der Waals surface area contributed by atoms with E-state index in [-0.39, 0.29) is 6.04 Å². The molecule has 2 rings (SSSR count). The van der Waals surface area contributed by atoms with Crippen LogP contribution in [0.1, 0.15) is 17.2 Å². The van der Waals surface area contributed by atoms with E-state index >= 15 is 0 Å². The molecule has 1 aliphatic carbocycles. The van der Waals surface area contributed by atoms with Crippen molar-refractivity contribution in [3.8, 4) is 0 Å². The molecule has 0 saturated carbocycles. The summed E-state index contributed by atoms with van der Waals surface area (Å²) < 4.78 is 24.3. The van der Waals surface area contributed by atoms with Crippen LogP contribution < -0.4 is 15.6 Å². The summed E-state index contributed by atoms with van der Waals surface area (Å²) in [6.45, 7) is 0. The number of rotatable bonds is 2. The Hall–Kier alpha value is -0.950. The quantitative estimate of drug-likeness (QED) is 0.629. The summed E-state index contributed by atoms with van der Waals surface area (Å²) in [7, 11) is -3.71. The van der Waals surface area contributed by atoms with Crippen LogP contribution >= 0.6 is 0 Å². The molecule has 0 bridgehead atoms. The van der Waals surface area contributed by atoms with Gasteiger partial charge in [0.25, 0.3) is 10.2 Å². The molecular formula is C9H13N3O2S. The van der Waals surface area contributed by atoms with Crippen molar-refractivity contribution in [2.45, 2.75) is 18.5 Å². The molecular weight excluding hydrogens is 214 g/mol. The maximum absolute atomic E-state index is 11.0. The first-order valence-corrected chi connectivity index (χ1v) is 6.15. The topological polar surface area (TPSA) is 98.2 Å². The molecule has 0 heterocycles. The van der Waals surface area contributed by atoms with Gasteiger partial charge in [-0.05, 0) is 17.5 Å². The van der Waals surface area contributed by atoms with Gasteiger partial charge in [-0.2, -0.15) is 13.1 Å². The molecule has 0 aromatic heterocycles. The SMILES string of the molecule is NC1Cc2ccccc2C1NS(N)(=O)=O. The fourth-order valence-corrected chi connectivity index (χ4v) is 2.61. The zero-order chi connectivity index (χ0) is 11.1. The Morgan fingerprint density at radius 1 is 1.33 bits per heavy atom. The maximum Gasteiger partial charge on any atom is 0.274 e. The van der Waals surface area contributed by atoms with E-state index < -0.39 is 16.3 Å². The maximum atomic E-state index is 11.0. The highest BCUT2D eigenvalue weighted by molar-refractivity contribution is 7.87. The second-order valence-electron chi connectivity index (χ2n) is 3.71. The van der Waals surface area contributed by atoms with Crippen molar-refractivity contribution in [2.24, 2.45) is 10.9 Å². The van der Waals surface area contributed by atoms with Gasteiger partial charge in [0.15, 0.2) is 0 Å². The van der Waals surface area contributed by atoms with Crippen molar-refractivity contribution < 1.29 is 8.42 Å². The Bertz CT molecular complexity index is 472. The van der Waals surface area contributed by atoms with Gasteiger partial charge in [-0.25, -0.2) is 5.14 Å². The minimum atomic E-state index is -3.71. The summed E-state index contributed by atoms with van der Waals surface area (Å²) in [4.78, 5) is 0. The molecule has 15 heavy (non-hydrogen) atoms. The zero-order valence-corrected chi connectivity index (χ0v) is 8.87. The Morgan fingerprint density at radius 2 is 2.00 bits per heavy atom. The van der Waals surface area contributed by atoms with Gasteiger partial charge in [0.2, 0.25) is 0 Å². The highest BCUT2D eigenvalue weighted by Crippen LogP contribution is 2.30. The lowest BCUT2D eigenvalue weighted by Crippen LogP contribution is -2.41. The van der Waals surface area contributed by atoms with Gasteiger partial charge in [-0.3, -0.25) is 0 Å². The summed E-state index contributed by atoms with van der Waals surface area (Å²) in [5.41, 5.74) is 7.84. The highest BCUT2D eigenvalue weighted by atomic mass is 32.2. The molecule has 0 amide bonds. The molecule has 5 N–H and O–H groups in total. The fourth-order valence-electron chi connectivity index (χ4n) is 1.95. The van der Waals surface area contributed by atoms with Crippen molar-refractivity contribution >= 4 is 10.2 Å². The lowest BCUT2D eigenvalue weighted by Gasteiger charge is -2.16. The van der Waals surface area contributed by atoms with Crippen molar-refractivity contribution in [2.75, 3.05) is 0 Å². The van der Waals surface area contributed by atoms with E-state index in [1.54, 1.807) is 0 Å². The monoisotopic (exact) mass is 227 g/mol. The van der Waals surface area contributed by atoms with E-state index in [1.165, 1.54) is 0 Å².